The Hall–Kier alpha value is -1.93. The van der Waals surface area contributed by atoms with E-state index in [4.69, 9.17) is 0 Å². The molecule has 0 bridgehead atoms. The first kappa shape index (κ1) is 19.8. The van der Waals surface area contributed by atoms with Crippen molar-refractivity contribution in [1.82, 2.24) is 4.90 Å². The van der Waals surface area contributed by atoms with Crippen LogP contribution in [0.15, 0.2) is 53.4 Å². The molecule has 0 saturated carbocycles. The topological polar surface area (TPSA) is 37.4 Å². The number of nitrogens with zero attached hydrogens (tertiary/aromatic N) is 1. The Labute approximate surface area is 155 Å². The van der Waals surface area contributed by atoms with Crippen molar-refractivity contribution in [3.63, 3.8) is 0 Å². The summed E-state index contributed by atoms with van der Waals surface area (Å²) in [6, 6.07) is 10.0. The summed E-state index contributed by atoms with van der Waals surface area (Å²) >= 11 is 0. The number of hydrogen-bond acceptors (Lipinski definition) is 3. The molecule has 1 aliphatic heterocycles. The highest BCUT2D eigenvalue weighted by atomic mass is 32.2. The fourth-order valence-corrected chi connectivity index (χ4v) is 4.89. The maximum absolute atomic E-state index is 15.2. The molecule has 2 aromatic rings. The summed E-state index contributed by atoms with van der Waals surface area (Å²) in [4.78, 5) is 1.46. The average molecular weight is 401 g/mol. The summed E-state index contributed by atoms with van der Waals surface area (Å²) in [6.45, 7) is -0.179. The van der Waals surface area contributed by atoms with E-state index in [9.17, 15) is 21.6 Å². The molecule has 1 atom stereocenters. The van der Waals surface area contributed by atoms with Gasteiger partial charge in [-0.25, -0.2) is 26.0 Å². The summed E-state index contributed by atoms with van der Waals surface area (Å²) in [5.41, 5.74) is -0.273. The van der Waals surface area contributed by atoms with Crippen molar-refractivity contribution in [1.29, 1.82) is 0 Å². The van der Waals surface area contributed by atoms with Crippen LogP contribution in [-0.2, 0) is 9.84 Å². The van der Waals surface area contributed by atoms with Crippen LogP contribution in [0.4, 0.5) is 17.6 Å². The molecular weight excluding hydrogens is 382 g/mol. The van der Waals surface area contributed by atoms with Crippen LogP contribution in [0.25, 0.3) is 0 Å². The van der Waals surface area contributed by atoms with Gasteiger partial charge >= 0.3 is 0 Å². The normalized spacial score (nSPS) is 19.0. The van der Waals surface area contributed by atoms with Crippen molar-refractivity contribution in [2.24, 2.45) is 0 Å². The Kier molecular flexibility index (Phi) is 5.58. The van der Waals surface area contributed by atoms with Crippen LogP contribution < -0.4 is 0 Å². The second-order valence-corrected chi connectivity index (χ2v) is 8.84. The zero-order valence-corrected chi connectivity index (χ0v) is 15.2. The monoisotopic (exact) mass is 401 g/mol. The van der Waals surface area contributed by atoms with E-state index < -0.39 is 32.6 Å². The van der Waals surface area contributed by atoms with Gasteiger partial charge in [0, 0.05) is 44.1 Å². The number of piperidine rings is 1. The number of sulfone groups is 1. The van der Waals surface area contributed by atoms with Crippen LogP contribution in [0.3, 0.4) is 0 Å². The fourth-order valence-electron chi connectivity index (χ4n) is 3.23. The number of halogens is 4. The van der Waals surface area contributed by atoms with E-state index >= 15 is 4.39 Å². The van der Waals surface area contributed by atoms with Gasteiger partial charge in [0.25, 0.3) is 0 Å². The van der Waals surface area contributed by atoms with Gasteiger partial charge in [0.15, 0.2) is 0 Å². The van der Waals surface area contributed by atoms with Crippen LogP contribution in [0, 0.1) is 11.6 Å². The first-order chi connectivity index (χ1) is 12.7. The molecule has 1 unspecified atom stereocenters. The minimum atomic E-state index is -4.17. The summed E-state index contributed by atoms with van der Waals surface area (Å²) in [5, 5.41) is -2.42. The molecule has 1 saturated heterocycles. The molecule has 0 aliphatic carbocycles. The van der Waals surface area contributed by atoms with E-state index in [1.807, 2.05) is 0 Å². The maximum atomic E-state index is 15.2. The van der Waals surface area contributed by atoms with E-state index in [1.54, 1.807) is 11.0 Å². The highest BCUT2D eigenvalue weighted by Gasteiger charge is 2.47. The Morgan fingerprint density at radius 2 is 1.67 bits per heavy atom. The summed E-state index contributed by atoms with van der Waals surface area (Å²) in [7, 11) is -4.17. The van der Waals surface area contributed by atoms with Crippen molar-refractivity contribution in [3.05, 3.63) is 65.7 Å². The molecule has 0 spiro atoms. The van der Waals surface area contributed by atoms with Gasteiger partial charge in [0.1, 0.15) is 17.8 Å². The van der Waals surface area contributed by atoms with Crippen LogP contribution in [-0.4, -0.2) is 38.0 Å². The zero-order valence-electron chi connectivity index (χ0n) is 14.4. The molecule has 0 N–H and O–H groups in total. The van der Waals surface area contributed by atoms with Crippen molar-refractivity contribution in [2.75, 3.05) is 19.6 Å². The lowest BCUT2D eigenvalue weighted by Crippen LogP contribution is -2.47. The first-order valence-electron chi connectivity index (χ1n) is 8.53. The predicted octanol–water partition coefficient (Wildman–Crippen LogP) is 4.21. The van der Waals surface area contributed by atoms with Gasteiger partial charge in [-0.05, 0) is 18.2 Å². The number of benzene rings is 2. The molecule has 8 heteroatoms. The smallest absolute Gasteiger partial charge is 0.217 e. The predicted molar refractivity (Wildman–Crippen MR) is 93.3 cm³/mol. The molecule has 0 aromatic heterocycles. The number of rotatable bonds is 5. The standard InChI is InChI=1S/C19H19F4NO2S/c20-14-6-7-16(17(21)12-14)18(22)13-24-10-8-19(23,9-11-24)27(25,26)15-4-2-1-3-5-15/h1-7,12,18H,8-11,13H2. The minimum Gasteiger partial charge on any atom is -0.300 e. The van der Waals surface area contributed by atoms with Crippen molar-refractivity contribution >= 4 is 9.84 Å². The molecule has 27 heavy (non-hydrogen) atoms. The highest BCUT2D eigenvalue weighted by Crippen LogP contribution is 2.37. The number of hydrogen-bond donors (Lipinski definition) is 0. The lowest BCUT2D eigenvalue weighted by Gasteiger charge is -2.36. The lowest BCUT2D eigenvalue weighted by atomic mass is 10.1. The Balaban J connectivity index is 1.66. The van der Waals surface area contributed by atoms with Gasteiger partial charge in [-0.1, -0.05) is 24.3 Å². The van der Waals surface area contributed by atoms with E-state index in [-0.39, 0.29) is 42.9 Å². The molecule has 0 radical (unpaired) electrons. The quantitative estimate of drug-likeness (QED) is 0.705. The van der Waals surface area contributed by atoms with Crippen LogP contribution in [0.5, 0.6) is 0 Å². The third-order valence-corrected chi connectivity index (χ3v) is 7.12. The highest BCUT2D eigenvalue weighted by molar-refractivity contribution is 7.92. The largest absolute Gasteiger partial charge is 0.300 e. The van der Waals surface area contributed by atoms with Gasteiger partial charge in [0.2, 0.25) is 14.8 Å². The van der Waals surface area contributed by atoms with Gasteiger partial charge in [-0.2, -0.15) is 0 Å². The molecule has 1 heterocycles. The third kappa shape index (κ3) is 4.01. The van der Waals surface area contributed by atoms with Gasteiger partial charge in [-0.15, -0.1) is 0 Å². The number of likely N-dealkylation sites (tertiary alicyclic amines) is 1. The maximum Gasteiger partial charge on any atom is 0.217 e. The van der Waals surface area contributed by atoms with Crippen LogP contribution in [0.2, 0.25) is 0 Å². The fraction of sp³-hybridized carbons (Fsp3) is 0.368. The Morgan fingerprint density at radius 1 is 1.04 bits per heavy atom. The Morgan fingerprint density at radius 3 is 2.26 bits per heavy atom. The van der Waals surface area contributed by atoms with Crippen molar-refractivity contribution in [3.8, 4) is 0 Å². The average Bonchev–Trinajstić information content (AvgIpc) is 2.64. The second kappa shape index (κ2) is 7.59. The lowest BCUT2D eigenvalue weighted by molar-refractivity contribution is 0.0973. The van der Waals surface area contributed by atoms with Gasteiger partial charge < -0.3 is 0 Å². The summed E-state index contributed by atoms with van der Waals surface area (Å²) in [5.74, 6) is -1.78. The van der Waals surface area contributed by atoms with E-state index in [1.165, 1.54) is 24.3 Å². The first-order valence-corrected chi connectivity index (χ1v) is 10.0. The van der Waals surface area contributed by atoms with Gasteiger partial charge in [-0.3, -0.25) is 4.90 Å². The molecule has 146 valence electrons. The van der Waals surface area contributed by atoms with Crippen molar-refractivity contribution in [2.45, 2.75) is 28.9 Å². The van der Waals surface area contributed by atoms with Crippen LogP contribution in [0.1, 0.15) is 24.6 Å². The van der Waals surface area contributed by atoms with Gasteiger partial charge in [0.05, 0.1) is 4.90 Å². The summed E-state index contributed by atoms with van der Waals surface area (Å²) in [6.07, 6.45) is -2.32. The third-order valence-electron chi connectivity index (χ3n) is 4.86. The number of alkyl halides is 2. The Bertz CT molecular complexity index is 897. The zero-order chi connectivity index (χ0) is 19.7. The molecule has 2 aromatic carbocycles. The molecule has 0 amide bonds. The molecule has 3 rings (SSSR count). The molecule has 3 nitrogen and oxygen atoms in total. The minimum absolute atomic E-state index is 0.0196. The van der Waals surface area contributed by atoms with Crippen molar-refractivity contribution < 1.29 is 26.0 Å². The molecule has 1 fully saturated rings. The van der Waals surface area contributed by atoms with E-state index in [0.717, 1.165) is 12.1 Å². The van der Waals surface area contributed by atoms with E-state index in [0.29, 0.717) is 6.07 Å². The van der Waals surface area contributed by atoms with Crippen LogP contribution >= 0.6 is 0 Å². The SMILES string of the molecule is O=S(=O)(c1ccccc1)C1(F)CCN(CC(F)c2ccc(F)cc2F)CC1. The summed E-state index contributed by atoms with van der Waals surface area (Å²) < 4.78 is 81.3. The second-order valence-electron chi connectivity index (χ2n) is 6.63. The molecule has 1 aliphatic rings. The van der Waals surface area contributed by atoms with E-state index in [2.05, 4.69) is 0 Å². The molecular formula is C19H19F4NO2S.